The second kappa shape index (κ2) is 13.5. The Bertz CT molecular complexity index is 1100. The molecule has 0 spiro atoms. The fraction of sp³-hybridized carbons (Fsp3) is 0.500. The first kappa shape index (κ1) is 28.5. The average Bonchev–Trinajstić information content (AvgIpc) is 2.91. The number of ether oxygens (including phenoxy) is 4. The van der Waals surface area contributed by atoms with Crippen LogP contribution in [0.3, 0.4) is 0 Å². The third kappa shape index (κ3) is 7.27. The quantitative estimate of drug-likeness (QED) is 0.417. The smallest absolute Gasteiger partial charge is 0.251 e. The van der Waals surface area contributed by atoms with Crippen molar-refractivity contribution in [3.8, 4) is 23.0 Å². The van der Waals surface area contributed by atoms with Gasteiger partial charge >= 0.3 is 0 Å². The lowest BCUT2D eigenvalue weighted by Crippen LogP contribution is -2.50. The monoisotopic (exact) mass is 535 g/mol. The minimum absolute atomic E-state index is 0.245. The molecule has 3 rings (SSSR count). The molecule has 1 heterocycles. The maximum Gasteiger partial charge on any atom is 0.251 e. The number of carbonyl (C=O) groups excluding carboxylic acids is 1. The van der Waals surface area contributed by atoms with Crippen LogP contribution in [0.25, 0.3) is 0 Å². The minimum Gasteiger partial charge on any atom is -0.497 e. The SMILES string of the molecule is CCOc1cc(C(=O)NCCN2CCN(S(=O)(=O)c3ccc(OC)cc3)CC2)cc(OCC)c1OCC. The number of amides is 1. The largest absolute Gasteiger partial charge is 0.497 e. The first-order chi connectivity index (χ1) is 17.8. The fourth-order valence-electron chi connectivity index (χ4n) is 4.04. The second-order valence-corrected chi connectivity index (χ2v) is 10.2. The number of nitrogens with one attached hydrogen (secondary N) is 1. The third-order valence-electron chi connectivity index (χ3n) is 5.91. The molecule has 0 radical (unpaired) electrons. The molecule has 0 bridgehead atoms. The maximum atomic E-state index is 12.9. The Kier molecular flexibility index (Phi) is 10.4. The summed E-state index contributed by atoms with van der Waals surface area (Å²) in [5.74, 6) is 1.79. The molecule has 11 heteroatoms. The summed E-state index contributed by atoms with van der Waals surface area (Å²) in [5.41, 5.74) is 0.422. The number of sulfonamides is 1. The van der Waals surface area contributed by atoms with Crippen molar-refractivity contribution < 1.29 is 32.2 Å². The van der Waals surface area contributed by atoms with Crippen molar-refractivity contribution >= 4 is 15.9 Å². The van der Waals surface area contributed by atoms with Gasteiger partial charge in [-0.3, -0.25) is 9.69 Å². The van der Waals surface area contributed by atoms with Crippen LogP contribution in [0.4, 0.5) is 0 Å². The van der Waals surface area contributed by atoms with Crippen LogP contribution in [-0.2, 0) is 10.0 Å². The molecular weight excluding hydrogens is 498 g/mol. The zero-order valence-corrected chi connectivity index (χ0v) is 22.8. The molecule has 1 aliphatic heterocycles. The van der Waals surface area contributed by atoms with Gasteiger partial charge in [0.05, 0.1) is 31.8 Å². The summed E-state index contributed by atoms with van der Waals surface area (Å²) >= 11 is 0. The summed E-state index contributed by atoms with van der Waals surface area (Å²) in [7, 11) is -2.02. The zero-order chi connectivity index (χ0) is 26.8. The van der Waals surface area contributed by atoms with Gasteiger partial charge in [0.15, 0.2) is 11.5 Å². The van der Waals surface area contributed by atoms with Crippen molar-refractivity contribution in [2.24, 2.45) is 0 Å². The summed E-state index contributed by atoms with van der Waals surface area (Å²) in [5, 5.41) is 2.94. The predicted molar refractivity (Wildman–Crippen MR) is 140 cm³/mol. The van der Waals surface area contributed by atoms with Gasteiger partial charge < -0.3 is 24.3 Å². The number of piperazine rings is 1. The van der Waals surface area contributed by atoms with E-state index in [2.05, 4.69) is 10.2 Å². The van der Waals surface area contributed by atoms with Crippen molar-refractivity contribution in [1.82, 2.24) is 14.5 Å². The molecule has 204 valence electrons. The Hall–Kier alpha value is -3.02. The van der Waals surface area contributed by atoms with Crippen molar-refractivity contribution in [2.75, 3.05) is 66.2 Å². The fourth-order valence-corrected chi connectivity index (χ4v) is 5.46. The van der Waals surface area contributed by atoms with Crippen molar-refractivity contribution in [3.05, 3.63) is 42.0 Å². The van der Waals surface area contributed by atoms with Crippen LogP contribution in [0.1, 0.15) is 31.1 Å². The lowest BCUT2D eigenvalue weighted by molar-refractivity contribution is 0.0944. The summed E-state index contributed by atoms with van der Waals surface area (Å²) in [6.07, 6.45) is 0. The summed E-state index contributed by atoms with van der Waals surface area (Å²) in [6, 6.07) is 9.73. The summed E-state index contributed by atoms with van der Waals surface area (Å²) < 4.78 is 49.6. The molecule has 1 fully saturated rings. The number of carbonyl (C=O) groups is 1. The van der Waals surface area contributed by atoms with E-state index < -0.39 is 10.0 Å². The molecule has 2 aromatic rings. The molecular formula is C26H37N3O7S. The highest BCUT2D eigenvalue weighted by Crippen LogP contribution is 2.39. The van der Waals surface area contributed by atoms with Crippen molar-refractivity contribution in [1.29, 1.82) is 0 Å². The van der Waals surface area contributed by atoms with E-state index in [1.807, 2.05) is 20.8 Å². The maximum absolute atomic E-state index is 12.9. The molecule has 2 aromatic carbocycles. The van der Waals surface area contributed by atoms with Crippen LogP contribution in [0.2, 0.25) is 0 Å². The molecule has 0 saturated carbocycles. The van der Waals surface area contributed by atoms with Gasteiger partial charge in [-0.2, -0.15) is 4.31 Å². The Morgan fingerprint density at radius 2 is 1.46 bits per heavy atom. The molecule has 1 aliphatic rings. The lowest BCUT2D eigenvalue weighted by Gasteiger charge is -2.34. The Morgan fingerprint density at radius 1 is 0.892 bits per heavy atom. The molecule has 1 amide bonds. The standard InChI is InChI=1S/C26H37N3O7S/c1-5-34-23-18-20(19-24(35-6-2)25(23)36-7-3)26(30)27-12-13-28-14-16-29(17-15-28)37(31,32)22-10-8-21(33-4)9-11-22/h8-11,18-19H,5-7,12-17H2,1-4H3,(H,27,30). The van der Waals surface area contributed by atoms with E-state index in [1.54, 1.807) is 43.5 Å². The van der Waals surface area contributed by atoms with Gasteiger partial charge in [-0.15, -0.1) is 0 Å². The highest BCUT2D eigenvalue weighted by atomic mass is 32.2. The molecule has 0 unspecified atom stereocenters. The number of hydrogen-bond acceptors (Lipinski definition) is 8. The summed E-state index contributed by atoms with van der Waals surface area (Å²) in [4.78, 5) is 15.3. The average molecular weight is 536 g/mol. The first-order valence-corrected chi connectivity index (χ1v) is 14.0. The molecule has 0 atom stereocenters. The topological polar surface area (TPSA) is 107 Å². The van der Waals surface area contributed by atoms with Crippen LogP contribution in [-0.4, -0.2) is 89.7 Å². The molecule has 37 heavy (non-hydrogen) atoms. The Balaban J connectivity index is 1.54. The molecule has 1 N–H and O–H groups in total. The molecule has 10 nitrogen and oxygen atoms in total. The van der Waals surface area contributed by atoms with Crippen molar-refractivity contribution in [2.45, 2.75) is 25.7 Å². The Morgan fingerprint density at radius 3 is 1.97 bits per heavy atom. The van der Waals surface area contributed by atoms with E-state index in [0.717, 1.165) is 0 Å². The van der Waals surface area contributed by atoms with Crippen LogP contribution >= 0.6 is 0 Å². The van der Waals surface area contributed by atoms with Crippen molar-refractivity contribution in [3.63, 3.8) is 0 Å². The normalized spacial score (nSPS) is 14.7. The van der Waals surface area contributed by atoms with Gasteiger partial charge in [-0.1, -0.05) is 0 Å². The molecule has 0 aromatic heterocycles. The molecule has 1 saturated heterocycles. The number of nitrogens with zero attached hydrogens (tertiary/aromatic N) is 2. The van der Waals surface area contributed by atoms with Crippen LogP contribution in [0, 0.1) is 0 Å². The van der Waals surface area contributed by atoms with Crippen LogP contribution < -0.4 is 24.3 Å². The van der Waals surface area contributed by atoms with E-state index in [0.29, 0.717) is 87.7 Å². The van der Waals surface area contributed by atoms with E-state index in [4.69, 9.17) is 18.9 Å². The van der Waals surface area contributed by atoms with E-state index in [1.165, 1.54) is 4.31 Å². The van der Waals surface area contributed by atoms with Gasteiger partial charge in [-0.05, 0) is 57.2 Å². The Labute approximate surface area is 219 Å². The lowest BCUT2D eigenvalue weighted by atomic mass is 10.1. The van der Waals surface area contributed by atoms with Crippen LogP contribution in [0.15, 0.2) is 41.3 Å². The number of methoxy groups -OCH3 is 1. The molecule has 0 aliphatic carbocycles. The van der Waals surface area contributed by atoms with E-state index >= 15 is 0 Å². The van der Waals surface area contributed by atoms with E-state index in [9.17, 15) is 13.2 Å². The van der Waals surface area contributed by atoms with Gasteiger partial charge in [0.2, 0.25) is 15.8 Å². The van der Waals surface area contributed by atoms with Crippen LogP contribution in [0.5, 0.6) is 23.0 Å². The number of benzene rings is 2. The second-order valence-electron chi connectivity index (χ2n) is 8.28. The minimum atomic E-state index is -3.56. The summed E-state index contributed by atoms with van der Waals surface area (Å²) in [6.45, 7) is 9.87. The number of rotatable bonds is 13. The van der Waals surface area contributed by atoms with E-state index in [-0.39, 0.29) is 10.8 Å². The highest BCUT2D eigenvalue weighted by molar-refractivity contribution is 7.89. The highest BCUT2D eigenvalue weighted by Gasteiger charge is 2.28. The number of hydrogen-bond donors (Lipinski definition) is 1. The first-order valence-electron chi connectivity index (χ1n) is 12.5. The van der Waals surface area contributed by atoms with Gasteiger partial charge in [0.1, 0.15) is 5.75 Å². The van der Waals surface area contributed by atoms with Gasteiger partial charge in [-0.25, -0.2) is 8.42 Å². The predicted octanol–water partition coefficient (Wildman–Crippen LogP) is 2.63. The van der Waals surface area contributed by atoms with Gasteiger partial charge in [0.25, 0.3) is 5.91 Å². The van der Waals surface area contributed by atoms with Gasteiger partial charge in [0, 0.05) is 44.8 Å². The third-order valence-corrected chi connectivity index (χ3v) is 7.83. The zero-order valence-electron chi connectivity index (χ0n) is 22.0.